The molecule has 0 saturated carbocycles. The normalized spacial score (nSPS) is 15.4. The molecule has 0 fully saturated rings. The van der Waals surface area contributed by atoms with Crippen LogP contribution < -0.4 is 5.32 Å². The molecule has 2 rings (SSSR count). The van der Waals surface area contributed by atoms with Crippen LogP contribution in [0.15, 0.2) is 23.6 Å². The lowest BCUT2D eigenvalue weighted by Crippen LogP contribution is -2.06. The molecule has 0 radical (unpaired) electrons. The van der Waals surface area contributed by atoms with Crippen molar-refractivity contribution in [2.45, 2.75) is 6.92 Å². The lowest BCUT2D eigenvalue weighted by atomic mass is 10.1. The highest BCUT2D eigenvalue weighted by molar-refractivity contribution is 8.02. The fraction of sp³-hybridized carbons (Fsp3) is 0.200. The van der Waals surface area contributed by atoms with Crippen LogP contribution in [0.2, 0.25) is 0 Å². The molecular formula is C10H10FNS. The first-order valence-corrected chi connectivity index (χ1v) is 5.14. The lowest BCUT2D eigenvalue weighted by molar-refractivity contribution is 0.621. The van der Waals surface area contributed by atoms with Crippen LogP contribution in [0.4, 0.5) is 4.39 Å². The fourth-order valence-corrected chi connectivity index (χ4v) is 1.98. The highest BCUT2D eigenvalue weighted by atomic mass is 32.2. The van der Waals surface area contributed by atoms with E-state index < -0.39 is 0 Å². The van der Waals surface area contributed by atoms with Crippen molar-refractivity contribution in [1.82, 2.24) is 5.32 Å². The van der Waals surface area contributed by atoms with Crippen LogP contribution in [0.1, 0.15) is 11.1 Å². The van der Waals surface area contributed by atoms with Gasteiger partial charge >= 0.3 is 0 Å². The molecule has 68 valence electrons. The molecule has 1 aliphatic rings. The van der Waals surface area contributed by atoms with Crippen molar-refractivity contribution in [2.24, 2.45) is 0 Å². The molecule has 0 bridgehead atoms. The first-order chi connectivity index (χ1) is 6.27. The molecule has 0 atom stereocenters. The van der Waals surface area contributed by atoms with E-state index in [9.17, 15) is 4.39 Å². The molecule has 0 unspecified atom stereocenters. The number of hydrogen-bond donors (Lipinski definition) is 1. The minimum Gasteiger partial charge on any atom is -0.375 e. The van der Waals surface area contributed by atoms with E-state index in [1.165, 1.54) is 0 Å². The Bertz CT molecular complexity index is 360. The van der Waals surface area contributed by atoms with E-state index in [4.69, 9.17) is 0 Å². The van der Waals surface area contributed by atoms with Crippen LogP contribution in [0.3, 0.4) is 0 Å². The molecule has 13 heavy (non-hydrogen) atoms. The second kappa shape index (κ2) is 3.42. The predicted molar refractivity (Wildman–Crippen MR) is 54.7 cm³/mol. The Labute approximate surface area is 81.0 Å². The van der Waals surface area contributed by atoms with Crippen molar-refractivity contribution in [2.75, 3.05) is 5.88 Å². The maximum absolute atomic E-state index is 13.4. The first-order valence-electron chi connectivity index (χ1n) is 4.09. The van der Waals surface area contributed by atoms with Crippen molar-refractivity contribution in [3.63, 3.8) is 0 Å². The lowest BCUT2D eigenvalue weighted by Gasteiger charge is -2.05. The summed E-state index contributed by atoms with van der Waals surface area (Å²) in [6.45, 7) is 1.89. The van der Waals surface area contributed by atoms with Crippen LogP contribution in [-0.4, -0.2) is 5.88 Å². The third-order valence-corrected chi connectivity index (χ3v) is 2.68. The molecule has 1 heterocycles. The molecule has 0 aromatic heterocycles. The van der Waals surface area contributed by atoms with E-state index in [0.29, 0.717) is 5.56 Å². The second-order valence-electron chi connectivity index (χ2n) is 3.00. The van der Waals surface area contributed by atoms with E-state index >= 15 is 0 Å². The SMILES string of the molecule is Cc1ccc(C2=CSCN2)c(F)c1. The number of aryl methyl sites for hydroxylation is 1. The van der Waals surface area contributed by atoms with E-state index in [2.05, 4.69) is 5.32 Å². The summed E-state index contributed by atoms with van der Waals surface area (Å²) in [7, 11) is 0. The smallest absolute Gasteiger partial charge is 0.132 e. The van der Waals surface area contributed by atoms with Gasteiger partial charge in [0.2, 0.25) is 0 Å². The van der Waals surface area contributed by atoms with Crippen molar-refractivity contribution in [1.29, 1.82) is 0 Å². The Morgan fingerprint density at radius 3 is 2.92 bits per heavy atom. The van der Waals surface area contributed by atoms with Crippen molar-refractivity contribution in [3.8, 4) is 0 Å². The van der Waals surface area contributed by atoms with Gasteiger partial charge in [-0.05, 0) is 30.0 Å². The fourth-order valence-electron chi connectivity index (χ4n) is 1.28. The molecule has 1 aliphatic heterocycles. The molecule has 0 saturated heterocycles. The Morgan fingerprint density at radius 2 is 2.31 bits per heavy atom. The summed E-state index contributed by atoms with van der Waals surface area (Å²) in [4.78, 5) is 0. The molecule has 1 nitrogen and oxygen atoms in total. The molecule has 3 heteroatoms. The molecule has 0 aliphatic carbocycles. The number of rotatable bonds is 1. The van der Waals surface area contributed by atoms with Gasteiger partial charge in [0.1, 0.15) is 5.82 Å². The van der Waals surface area contributed by atoms with Gasteiger partial charge in [0.25, 0.3) is 0 Å². The summed E-state index contributed by atoms with van der Waals surface area (Å²) >= 11 is 1.65. The van der Waals surface area contributed by atoms with E-state index in [-0.39, 0.29) is 5.82 Å². The van der Waals surface area contributed by atoms with Gasteiger partial charge in [0.05, 0.1) is 11.6 Å². The number of halogens is 1. The molecule has 0 spiro atoms. The quantitative estimate of drug-likeness (QED) is 0.739. The zero-order chi connectivity index (χ0) is 9.26. The standard InChI is InChI=1S/C10H10FNS/c1-7-2-3-8(9(11)4-7)10-5-13-6-12-10/h2-5,12H,6H2,1H3. The average Bonchev–Trinajstić information content (AvgIpc) is 2.56. The summed E-state index contributed by atoms with van der Waals surface area (Å²) in [5.41, 5.74) is 2.51. The van der Waals surface area contributed by atoms with Crippen LogP contribution in [-0.2, 0) is 0 Å². The van der Waals surface area contributed by atoms with Gasteiger partial charge in [-0.3, -0.25) is 0 Å². The maximum atomic E-state index is 13.4. The molecule has 1 aromatic carbocycles. The molecule has 1 N–H and O–H groups in total. The van der Waals surface area contributed by atoms with E-state index in [1.54, 1.807) is 17.8 Å². The molecular weight excluding hydrogens is 185 g/mol. The number of benzene rings is 1. The number of hydrogen-bond acceptors (Lipinski definition) is 2. The summed E-state index contributed by atoms with van der Waals surface area (Å²) < 4.78 is 13.4. The predicted octanol–water partition coefficient (Wildman–Crippen LogP) is 2.73. The topological polar surface area (TPSA) is 12.0 Å². The van der Waals surface area contributed by atoms with Crippen LogP contribution in [0.25, 0.3) is 5.70 Å². The summed E-state index contributed by atoms with van der Waals surface area (Å²) in [5.74, 6) is 0.684. The zero-order valence-electron chi connectivity index (χ0n) is 7.30. The van der Waals surface area contributed by atoms with Crippen LogP contribution in [0.5, 0.6) is 0 Å². The average molecular weight is 195 g/mol. The summed E-state index contributed by atoms with van der Waals surface area (Å²) in [5, 5.41) is 5.07. The van der Waals surface area contributed by atoms with Crippen molar-refractivity contribution < 1.29 is 4.39 Å². The Balaban J connectivity index is 2.40. The second-order valence-corrected chi connectivity index (χ2v) is 3.86. The minimum atomic E-state index is -0.152. The molecule has 0 amide bonds. The van der Waals surface area contributed by atoms with Gasteiger partial charge in [-0.2, -0.15) is 0 Å². The number of nitrogens with one attached hydrogen (secondary N) is 1. The third kappa shape index (κ3) is 1.70. The minimum absolute atomic E-state index is 0.152. The Kier molecular flexibility index (Phi) is 2.27. The Hall–Kier alpha value is -0.960. The molecule has 1 aromatic rings. The van der Waals surface area contributed by atoms with Crippen LogP contribution in [0, 0.1) is 12.7 Å². The maximum Gasteiger partial charge on any atom is 0.132 e. The Morgan fingerprint density at radius 1 is 1.46 bits per heavy atom. The van der Waals surface area contributed by atoms with Gasteiger partial charge in [-0.1, -0.05) is 6.07 Å². The third-order valence-electron chi connectivity index (χ3n) is 1.96. The van der Waals surface area contributed by atoms with Gasteiger partial charge in [-0.15, -0.1) is 11.8 Å². The van der Waals surface area contributed by atoms with Gasteiger partial charge in [-0.25, -0.2) is 4.39 Å². The largest absolute Gasteiger partial charge is 0.375 e. The zero-order valence-corrected chi connectivity index (χ0v) is 8.12. The summed E-state index contributed by atoms with van der Waals surface area (Å²) in [6.07, 6.45) is 0. The first kappa shape index (κ1) is 8.63. The van der Waals surface area contributed by atoms with Gasteiger partial charge in [0.15, 0.2) is 0 Å². The highest BCUT2D eigenvalue weighted by Gasteiger charge is 2.10. The summed E-state index contributed by atoms with van der Waals surface area (Å²) in [6, 6.07) is 5.29. The highest BCUT2D eigenvalue weighted by Crippen LogP contribution is 2.24. The monoisotopic (exact) mass is 195 g/mol. The van der Waals surface area contributed by atoms with Crippen molar-refractivity contribution in [3.05, 3.63) is 40.6 Å². The number of thioether (sulfide) groups is 1. The van der Waals surface area contributed by atoms with E-state index in [0.717, 1.165) is 17.1 Å². The van der Waals surface area contributed by atoms with E-state index in [1.807, 2.05) is 24.5 Å². The van der Waals surface area contributed by atoms with Crippen molar-refractivity contribution >= 4 is 17.5 Å². The van der Waals surface area contributed by atoms with Gasteiger partial charge in [0, 0.05) is 5.56 Å². The van der Waals surface area contributed by atoms with Crippen LogP contribution >= 0.6 is 11.8 Å². The van der Waals surface area contributed by atoms with Gasteiger partial charge < -0.3 is 5.32 Å².